The molecular weight excluding hydrogens is 183 g/mol. The molecule has 0 radical (unpaired) electrons. The number of ether oxygens (including phenoxy) is 1. The molecule has 0 saturated carbocycles. The van der Waals surface area contributed by atoms with Crippen molar-refractivity contribution in [2.75, 3.05) is 13.2 Å². The first-order chi connectivity index (χ1) is 6.41. The molecule has 0 aliphatic carbocycles. The van der Waals surface area contributed by atoms with E-state index in [1.165, 1.54) is 0 Å². The van der Waals surface area contributed by atoms with Gasteiger partial charge in [0.25, 0.3) is 0 Å². The Labute approximate surface area is 109 Å². The molecular formula is C12H17NaO. The van der Waals surface area contributed by atoms with Gasteiger partial charge in [-0.05, 0) is 0 Å². The Morgan fingerprint density at radius 1 is 0.786 bits per heavy atom. The number of benzene rings is 1. The average Bonchev–Trinajstić information content (AvgIpc) is 2.22. The quantitative estimate of drug-likeness (QED) is 0.412. The normalized spacial score (nSPS) is 7.43. The van der Waals surface area contributed by atoms with E-state index in [1.54, 1.807) is 12.2 Å². The first-order valence-electron chi connectivity index (χ1n) is 4.21. The smallest absolute Gasteiger partial charge is 0.0623 e. The van der Waals surface area contributed by atoms with Gasteiger partial charge in [0.15, 0.2) is 0 Å². The molecule has 0 heterocycles. The Morgan fingerprint density at radius 2 is 1.07 bits per heavy atom. The van der Waals surface area contributed by atoms with Crippen molar-refractivity contribution in [1.29, 1.82) is 0 Å². The summed E-state index contributed by atoms with van der Waals surface area (Å²) in [6, 6.07) is 12.0. The zero-order chi connectivity index (χ0) is 9.78. The molecule has 0 aromatic heterocycles. The molecule has 0 fully saturated rings. The van der Waals surface area contributed by atoms with Gasteiger partial charge >= 0.3 is 29.6 Å². The van der Waals surface area contributed by atoms with Crippen molar-refractivity contribution in [3.8, 4) is 0 Å². The van der Waals surface area contributed by atoms with E-state index in [1.807, 2.05) is 36.4 Å². The van der Waals surface area contributed by atoms with Crippen LogP contribution < -0.4 is 0 Å². The van der Waals surface area contributed by atoms with Gasteiger partial charge in [-0.2, -0.15) is 0 Å². The van der Waals surface area contributed by atoms with Gasteiger partial charge in [-0.25, -0.2) is 0 Å². The summed E-state index contributed by atoms with van der Waals surface area (Å²) in [4.78, 5) is 0. The molecule has 1 aromatic carbocycles. The Hall–Kier alpha value is -0.340. The molecule has 1 nitrogen and oxygen atoms in total. The summed E-state index contributed by atoms with van der Waals surface area (Å²) in [6.45, 7) is 8.18. The Morgan fingerprint density at radius 3 is 1.29 bits per heavy atom. The fraction of sp³-hybridized carbons (Fsp3) is 0.167. The molecule has 0 N–H and O–H groups in total. The minimum Gasteiger partial charge on any atom is -0.0623 e. The van der Waals surface area contributed by atoms with E-state index >= 15 is 0 Å². The van der Waals surface area contributed by atoms with Crippen LogP contribution in [0.4, 0.5) is 0 Å². The van der Waals surface area contributed by atoms with Crippen molar-refractivity contribution in [2.24, 2.45) is 0 Å². The zero-order valence-corrected chi connectivity index (χ0v) is 7.86. The standard InChI is InChI=1S/C6H10O.C6H6.Na.H/c1-3-5-7-6-4-2;1-2-4-6-5-3-1;;/h3-4H,1-2,5-6H2;1-6H;;. The molecule has 2 heteroatoms. The minimum absolute atomic E-state index is 0. The first-order valence-corrected chi connectivity index (χ1v) is 4.21. The summed E-state index contributed by atoms with van der Waals surface area (Å²) in [5.41, 5.74) is 0. The Balaban J connectivity index is 0. The van der Waals surface area contributed by atoms with Crippen LogP contribution in [-0.2, 0) is 4.74 Å². The molecule has 0 aliphatic rings. The largest absolute Gasteiger partial charge is 0.0623 e. The molecule has 0 saturated heterocycles. The molecule has 0 unspecified atom stereocenters. The van der Waals surface area contributed by atoms with Crippen molar-refractivity contribution in [3.05, 3.63) is 61.7 Å². The van der Waals surface area contributed by atoms with E-state index in [2.05, 4.69) is 13.2 Å². The first kappa shape index (κ1) is 16.1. The van der Waals surface area contributed by atoms with E-state index in [0.717, 1.165) is 0 Å². The third-order valence-corrected chi connectivity index (χ3v) is 1.14. The maximum Gasteiger partial charge on any atom is -0.0623 e. The van der Waals surface area contributed by atoms with Gasteiger partial charge in [-0.1, -0.05) is 48.6 Å². The number of hydrogen-bond donors (Lipinski definition) is 0. The van der Waals surface area contributed by atoms with Crippen LogP contribution in [0.5, 0.6) is 0 Å². The zero-order valence-electron chi connectivity index (χ0n) is 7.86. The monoisotopic (exact) mass is 200 g/mol. The van der Waals surface area contributed by atoms with Crippen LogP contribution in [-0.4, -0.2) is 42.8 Å². The third-order valence-electron chi connectivity index (χ3n) is 1.14. The van der Waals surface area contributed by atoms with Gasteiger partial charge in [0, 0.05) is 0 Å². The Kier molecular flexibility index (Phi) is 17.4. The molecule has 0 aliphatic heterocycles. The van der Waals surface area contributed by atoms with Crippen molar-refractivity contribution in [2.45, 2.75) is 0 Å². The van der Waals surface area contributed by atoms with E-state index in [0.29, 0.717) is 13.2 Å². The van der Waals surface area contributed by atoms with Crippen LogP contribution in [0.1, 0.15) is 0 Å². The summed E-state index contributed by atoms with van der Waals surface area (Å²) >= 11 is 0. The predicted octanol–water partition coefficient (Wildman–Crippen LogP) is 2.41. The summed E-state index contributed by atoms with van der Waals surface area (Å²) in [5, 5.41) is 0. The molecule has 0 amide bonds. The van der Waals surface area contributed by atoms with Crippen molar-refractivity contribution < 1.29 is 4.74 Å². The van der Waals surface area contributed by atoms with Gasteiger partial charge in [-0.3, -0.25) is 0 Å². The van der Waals surface area contributed by atoms with Crippen LogP contribution in [0, 0.1) is 0 Å². The molecule has 14 heavy (non-hydrogen) atoms. The molecule has 72 valence electrons. The predicted molar refractivity (Wildman–Crippen MR) is 64.8 cm³/mol. The molecule has 0 bridgehead atoms. The third kappa shape index (κ3) is 14.2. The number of rotatable bonds is 4. The molecule has 0 atom stereocenters. The van der Waals surface area contributed by atoms with Crippen LogP contribution >= 0.6 is 0 Å². The SMILES string of the molecule is C=CCOCC=C.[NaH].c1ccccc1. The van der Waals surface area contributed by atoms with Crippen LogP contribution in [0.2, 0.25) is 0 Å². The summed E-state index contributed by atoms with van der Waals surface area (Å²) in [5.74, 6) is 0. The van der Waals surface area contributed by atoms with Gasteiger partial charge in [-0.15, -0.1) is 13.2 Å². The fourth-order valence-electron chi connectivity index (χ4n) is 0.620. The molecule has 1 aromatic rings. The van der Waals surface area contributed by atoms with Crippen molar-refractivity contribution >= 4 is 29.6 Å². The van der Waals surface area contributed by atoms with Gasteiger partial charge < -0.3 is 4.74 Å². The summed E-state index contributed by atoms with van der Waals surface area (Å²) < 4.78 is 4.90. The number of hydrogen-bond acceptors (Lipinski definition) is 1. The van der Waals surface area contributed by atoms with Crippen LogP contribution in [0.15, 0.2) is 61.7 Å². The minimum atomic E-state index is 0. The second-order valence-corrected chi connectivity index (χ2v) is 2.27. The maximum absolute atomic E-state index is 4.90. The Bertz CT molecular complexity index is 174. The summed E-state index contributed by atoms with van der Waals surface area (Å²) in [6.07, 6.45) is 3.42. The van der Waals surface area contributed by atoms with Gasteiger partial charge in [0.1, 0.15) is 0 Å². The van der Waals surface area contributed by atoms with Crippen molar-refractivity contribution in [3.63, 3.8) is 0 Å². The van der Waals surface area contributed by atoms with Crippen molar-refractivity contribution in [1.82, 2.24) is 0 Å². The van der Waals surface area contributed by atoms with Gasteiger partial charge in [0.2, 0.25) is 0 Å². The van der Waals surface area contributed by atoms with E-state index in [-0.39, 0.29) is 29.6 Å². The fourth-order valence-corrected chi connectivity index (χ4v) is 0.620. The maximum atomic E-state index is 4.90. The van der Waals surface area contributed by atoms with Gasteiger partial charge in [0.05, 0.1) is 13.2 Å². The van der Waals surface area contributed by atoms with E-state index in [9.17, 15) is 0 Å². The second-order valence-electron chi connectivity index (χ2n) is 2.27. The molecule has 1 rings (SSSR count). The van der Waals surface area contributed by atoms with E-state index < -0.39 is 0 Å². The van der Waals surface area contributed by atoms with Crippen LogP contribution in [0.25, 0.3) is 0 Å². The summed E-state index contributed by atoms with van der Waals surface area (Å²) in [7, 11) is 0. The molecule has 0 spiro atoms. The van der Waals surface area contributed by atoms with E-state index in [4.69, 9.17) is 4.74 Å². The van der Waals surface area contributed by atoms with Crippen LogP contribution in [0.3, 0.4) is 0 Å². The average molecular weight is 200 g/mol. The second kappa shape index (κ2) is 15.1. The topological polar surface area (TPSA) is 9.23 Å².